The lowest BCUT2D eigenvalue weighted by Crippen LogP contribution is -2.49. The standard InChI is InChI=1S/C22H22N4O4/c1-14-20(25-17-11-7-6-10-16(17)24-14)22(29)26-18(12-15-8-4-3-5-9-15)21(28)23-13-19(27)30-2/h3-11,18H,12-13H2,1-2H3,(H,23,28)(H,26,29). The molecule has 3 aromatic rings. The van der Waals surface area contributed by atoms with Crippen LogP contribution in [0, 0.1) is 6.92 Å². The maximum absolute atomic E-state index is 12.9. The summed E-state index contributed by atoms with van der Waals surface area (Å²) < 4.78 is 4.55. The fraction of sp³-hybridized carbons (Fsp3) is 0.227. The lowest BCUT2D eigenvalue weighted by molar-refractivity contribution is -0.141. The fourth-order valence-electron chi connectivity index (χ4n) is 2.94. The highest BCUT2D eigenvalue weighted by Crippen LogP contribution is 2.13. The third-order valence-corrected chi connectivity index (χ3v) is 4.50. The van der Waals surface area contributed by atoms with Crippen molar-refractivity contribution >= 4 is 28.8 Å². The van der Waals surface area contributed by atoms with Gasteiger partial charge in [0.1, 0.15) is 18.3 Å². The van der Waals surface area contributed by atoms with Crippen molar-refractivity contribution in [1.82, 2.24) is 20.6 Å². The summed E-state index contributed by atoms with van der Waals surface area (Å²) in [5.74, 6) is -1.59. The molecule has 0 saturated carbocycles. The first-order valence-corrected chi connectivity index (χ1v) is 9.40. The summed E-state index contributed by atoms with van der Waals surface area (Å²) in [5.41, 5.74) is 2.73. The number of para-hydroxylation sites is 2. The zero-order chi connectivity index (χ0) is 21.5. The molecule has 0 spiro atoms. The highest BCUT2D eigenvalue weighted by molar-refractivity contribution is 5.98. The molecule has 154 valence electrons. The van der Waals surface area contributed by atoms with Crippen LogP contribution in [0.1, 0.15) is 21.7 Å². The molecule has 0 fully saturated rings. The van der Waals surface area contributed by atoms with E-state index < -0.39 is 23.8 Å². The highest BCUT2D eigenvalue weighted by atomic mass is 16.5. The first kappa shape index (κ1) is 20.9. The summed E-state index contributed by atoms with van der Waals surface area (Å²) in [6.45, 7) is 1.41. The maximum atomic E-state index is 12.9. The van der Waals surface area contributed by atoms with Crippen LogP contribution in [0.5, 0.6) is 0 Å². The number of aromatic nitrogens is 2. The number of hydrogen-bond acceptors (Lipinski definition) is 6. The van der Waals surface area contributed by atoms with E-state index in [0.717, 1.165) is 5.56 Å². The number of ether oxygens (including phenoxy) is 1. The molecule has 1 atom stereocenters. The zero-order valence-corrected chi connectivity index (χ0v) is 16.7. The van der Waals surface area contributed by atoms with Crippen LogP contribution in [0.25, 0.3) is 11.0 Å². The van der Waals surface area contributed by atoms with E-state index in [4.69, 9.17) is 0 Å². The number of nitrogens with one attached hydrogen (secondary N) is 2. The van der Waals surface area contributed by atoms with Gasteiger partial charge in [-0.05, 0) is 24.6 Å². The van der Waals surface area contributed by atoms with Gasteiger partial charge in [0.2, 0.25) is 5.91 Å². The Bertz CT molecular complexity index is 1070. The Balaban J connectivity index is 1.82. The van der Waals surface area contributed by atoms with Crippen molar-refractivity contribution in [3.8, 4) is 0 Å². The van der Waals surface area contributed by atoms with E-state index >= 15 is 0 Å². The highest BCUT2D eigenvalue weighted by Gasteiger charge is 2.24. The van der Waals surface area contributed by atoms with Crippen LogP contribution in [0.15, 0.2) is 54.6 Å². The van der Waals surface area contributed by atoms with Gasteiger partial charge in [0.15, 0.2) is 0 Å². The van der Waals surface area contributed by atoms with Gasteiger partial charge in [-0.25, -0.2) is 9.97 Å². The summed E-state index contributed by atoms with van der Waals surface area (Å²) in [6, 6.07) is 15.6. The van der Waals surface area contributed by atoms with Crippen LogP contribution in [-0.4, -0.2) is 47.4 Å². The van der Waals surface area contributed by atoms with Crippen molar-refractivity contribution in [2.75, 3.05) is 13.7 Å². The topological polar surface area (TPSA) is 110 Å². The molecular weight excluding hydrogens is 384 g/mol. The van der Waals surface area contributed by atoms with Gasteiger partial charge in [0.05, 0.1) is 23.8 Å². The molecule has 8 heteroatoms. The van der Waals surface area contributed by atoms with Gasteiger partial charge in [-0.3, -0.25) is 14.4 Å². The Morgan fingerprint density at radius 2 is 1.60 bits per heavy atom. The van der Waals surface area contributed by atoms with Crippen LogP contribution >= 0.6 is 0 Å². The lowest BCUT2D eigenvalue weighted by atomic mass is 10.0. The summed E-state index contributed by atoms with van der Waals surface area (Å²) in [6.07, 6.45) is 0.250. The predicted molar refractivity (Wildman–Crippen MR) is 111 cm³/mol. The lowest BCUT2D eigenvalue weighted by Gasteiger charge is -2.19. The fourth-order valence-corrected chi connectivity index (χ4v) is 2.94. The Morgan fingerprint density at radius 3 is 2.27 bits per heavy atom. The van der Waals surface area contributed by atoms with Crippen LogP contribution in [0.2, 0.25) is 0 Å². The second-order valence-electron chi connectivity index (χ2n) is 6.66. The number of aryl methyl sites for hydroxylation is 1. The number of amides is 2. The van der Waals surface area contributed by atoms with Crippen LogP contribution in [0.3, 0.4) is 0 Å². The Kier molecular flexibility index (Phi) is 6.69. The summed E-state index contributed by atoms with van der Waals surface area (Å²) in [7, 11) is 1.24. The van der Waals surface area contributed by atoms with E-state index in [9.17, 15) is 14.4 Å². The Morgan fingerprint density at radius 1 is 0.967 bits per heavy atom. The average molecular weight is 406 g/mol. The van der Waals surface area contributed by atoms with Crippen molar-refractivity contribution in [2.24, 2.45) is 0 Å². The molecule has 0 aliphatic rings. The third-order valence-electron chi connectivity index (χ3n) is 4.50. The molecule has 1 unspecified atom stereocenters. The molecule has 2 aromatic carbocycles. The SMILES string of the molecule is COC(=O)CNC(=O)C(Cc1ccccc1)NC(=O)c1nc2ccccc2nc1C. The molecule has 1 heterocycles. The van der Waals surface area contributed by atoms with Crippen molar-refractivity contribution in [2.45, 2.75) is 19.4 Å². The number of benzene rings is 2. The second kappa shape index (κ2) is 9.60. The van der Waals surface area contributed by atoms with E-state index in [2.05, 4.69) is 25.3 Å². The second-order valence-corrected chi connectivity index (χ2v) is 6.66. The van der Waals surface area contributed by atoms with Crippen molar-refractivity contribution < 1.29 is 19.1 Å². The number of hydrogen-bond donors (Lipinski definition) is 2. The first-order valence-electron chi connectivity index (χ1n) is 9.40. The molecule has 2 N–H and O–H groups in total. The number of nitrogens with zero attached hydrogens (tertiary/aromatic N) is 2. The Labute approximate surface area is 173 Å². The van der Waals surface area contributed by atoms with Gasteiger partial charge in [-0.2, -0.15) is 0 Å². The zero-order valence-electron chi connectivity index (χ0n) is 16.7. The minimum atomic E-state index is -0.905. The van der Waals surface area contributed by atoms with E-state index in [1.54, 1.807) is 13.0 Å². The molecule has 0 saturated heterocycles. The van der Waals surface area contributed by atoms with Gasteiger partial charge in [0.25, 0.3) is 5.91 Å². The van der Waals surface area contributed by atoms with Gasteiger partial charge in [-0.15, -0.1) is 0 Å². The molecule has 0 aliphatic carbocycles. The molecular formula is C22H22N4O4. The van der Waals surface area contributed by atoms with Crippen molar-refractivity contribution in [3.63, 3.8) is 0 Å². The van der Waals surface area contributed by atoms with Crippen molar-refractivity contribution in [3.05, 3.63) is 71.5 Å². The molecule has 1 aromatic heterocycles. The Hall–Kier alpha value is -3.81. The monoisotopic (exact) mass is 406 g/mol. The molecule has 8 nitrogen and oxygen atoms in total. The van der Waals surface area contributed by atoms with E-state index in [0.29, 0.717) is 16.7 Å². The van der Waals surface area contributed by atoms with Gasteiger partial charge < -0.3 is 15.4 Å². The molecule has 2 amide bonds. The molecule has 30 heavy (non-hydrogen) atoms. The average Bonchev–Trinajstić information content (AvgIpc) is 2.76. The number of fused-ring (bicyclic) bond motifs is 1. The summed E-state index contributed by atoms with van der Waals surface area (Å²) >= 11 is 0. The molecule has 0 radical (unpaired) electrons. The molecule has 0 aliphatic heterocycles. The van der Waals surface area contributed by atoms with Crippen LogP contribution in [-0.2, 0) is 20.7 Å². The smallest absolute Gasteiger partial charge is 0.325 e. The minimum absolute atomic E-state index is 0.146. The van der Waals surface area contributed by atoms with E-state index in [1.165, 1.54) is 7.11 Å². The minimum Gasteiger partial charge on any atom is -0.468 e. The number of methoxy groups -OCH3 is 1. The van der Waals surface area contributed by atoms with Crippen LogP contribution in [0.4, 0.5) is 0 Å². The summed E-state index contributed by atoms with van der Waals surface area (Å²) in [5, 5.41) is 5.21. The first-order chi connectivity index (χ1) is 14.5. The van der Waals surface area contributed by atoms with E-state index in [1.807, 2.05) is 48.5 Å². The number of esters is 1. The predicted octanol–water partition coefficient (Wildman–Crippen LogP) is 1.57. The van der Waals surface area contributed by atoms with Crippen LogP contribution < -0.4 is 10.6 Å². The number of carbonyl (C=O) groups excluding carboxylic acids is 3. The molecule has 0 bridgehead atoms. The van der Waals surface area contributed by atoms with Crippen molar-refractivity contribution in [1.29, 1.82) is 0 Å². The normalized spacial score (nSPS) is 11.5. The quantitative estimate of drug-likeness (QED) is 0.577. The largest absolute Gasteiger partial charge is 0.468 e. The summed E-state index contributed by atoms with van der Waals surface area (Å²) in [4.78, 5) is 45.8. The number of rotatable bonds is 7. The molecule has 3 rings (SSSR count). The van der Waals surface area contributed by atoms with Gasteiger partial charge in [0, 0.05) is 6.42 Å². The maximum Gasteiger partial charge on any atom is 0.325 e. The van der Waals surface area contributed by atoms with Gasteiger partial charge >= 0.3 is 5.97 Å². The van der Waals surface area contributed by atoms with Gasteiger partial charge in [-0.1, -0.05) is 42.5 Å². The third kappa shape index (κ3) is 5.16. The number of carbonyl (C=O) groups is 3. The van der Waals surface area contributed by atoms with E-state index in [-0.39, 0.29) is 18.7 Å².